The standard InChI is InChI=1S/C15H15N3O3/c1-10(19)17-9-14(13-7-5-4-6-8-13)15(16-17)18(11(2)20)12(3)21/h4-9H,1-3H3. The predicted octanol–water partition coefficient (Wildman–Crippen LogP) is 2.11. The Hall–Kier alpha value is -2.76. The second kappa shape index (κ2) is 5.70. The van der Waals surface area contributed by atoms with E-state index >= 15 is 0 Å². The van der Waals surface area contributed by atoms with Crippen molar-refractivity contribution in [1.29, 1.82) is 0 Å². The van der Waals surface area contributed by atoms with E-state index in [9.17, 15) is 14.4 Å². The van der Waals surface area contributed by atoms with Crippen LogP contribution in [-0.4, -0.2) is 27.5 Å². The number of hydrogen-bond donors (Lipinski definition) is 0. The third kappa shape index (κ3) is 2.89. The maximum atomic E-state index is 11.7. The molecule has 2 rings (SSSR count). The van der Waals surface area contributed by atoms with Gasteiger partial charge in [-0.05, 0) is 5.56 Å². The minimum Gasteiger partial charge on any atom is -0.274 e. The first-order valence-corrected chi connectivity index (χ1v) is 6.39. The van der Waals surface area contributed by atoms with E-state index in [-0.39, 0.29) is 11.7 Å². The Morgan fingerprint density at radius 3 is 2.05 bits per heavy atom. The molecule has 2 aromatic rings. The molecule has 6 nitrogen and oxygen atoms in total. The molecule has 1 aromatic carbocycles. The number of imide groups is 1. The van der Waals surface area contributed by atoms with Gasteiger partial charge in [0.15, 0.2) is 5.82 Å². The molecule has 0 aliphatic carbocycles. The molecule has 0 aliphatic rings. The lowest BCUT2D eigenvalue weighted by Crippen LogP contribution is -2.34. The minimum atomic E-state index is -0.450. The van der Waals surface area contributed by atoms with Crippen LogP contribution in [0.2, 0.25) is 0 Å². The summed E-state index contributed by atoms with van der Waals surface area (Å²) in [6.07, 6.45) is 1.52. The molecule has 6 heteroatoms. The summed E-state index contributed by atoms with van der Waals surface area (Å²) in [7, 11) is 0. The number of aromatic nitrogens is 2. The number of carbonyl (C=O) groups is 3. The van der Waals surface area contributed by atoms with Crippen LogP contribution in [0.5, 0.6) is 0 Å². The highest BCUT2D eigenvalue weighted by Gasteiger charge is 2.24. The first kappa shape index (κ1) is 14.6. The molecule has 108 valence electrons. The van der Waals surface area contributed by atoms with Gasteiger partial charge in [-0.1, -0.05) is 30.3 Å². The first-order valence-electron chi connectivity index (χ1n) is 6.39. The molecule has 1 aromatic heterocycles. The van der Waals surface area contributed by atoms with Crippen LogP contribution in [0.3, 0.4) is 0 Å². The predicted molar refractivity (Wildman–Crippen MR) is 77.8 cm³/mol. The molecule has 0 saturated carbocycles. The van der Waals surface area contributed by atoms with Crippen LogP contribution in [-0.2, 0) is 9.59 Å². The monoisotopic (exact) mass is 285 g/mol. The van der Waals surface area contributed by atoms with Crippen molar-refractivity contribution in [2.75, 3.05) is 4.90 Å². The maximum Gasteiger partial charge on any atom is 0.243 e. The van der Waals surface area contributed by atoms with E-state index in [1.54, 1.807) is 0 Å². The molecule has 0 saturated heterocycles. The van der Waals surface area contributed by atoms with Gasteiger partial charge in [0.2, 0.25) is 17.7 Å². The molecule has 0 radical (unpaired) electrons. The largest absolute Gasteiger partial charge is 0.274 e. The molecular formula is C15H15N3O3. The topological polar surface area (TPSA) is 72.3 Å². The third-order valence-corrected chi connectivity index (χ3v) is 2.94. The lowest BCUT2D eigenvalue weighted by atomic mass is 10.1. The second-order valence-electron chi connectivity index (χ2n) is 4.57. The Morgan fingerprint density at radius 2 is 1.57 bits per heavy atom. The van der Waals surface area contributed by atoms with Gasteiger partial charge in [0.05, 0.1) is 0 Å². The summed E-state index contributed by atoms with van der Waals surface area (Å²) in [4.78, 5) is 35.9. The van der Waals surface area contributed by atoms with Crippen LogP contribution in [0.1, 0.15) is 25.6 Å². The average molecular weight is 285 g/mol. The van der Waals surface area contributed by atoms with Gasteiger partial charge < -0.3 is 0 Å². The number of carbonyl (C=O) groups excluding carboxylic acids is 3. The van der Waals surface area contributed by atoms with Crippen LogP contribution < -0.4 is 4.90 Å². The molecule has 0 atom stereocenters. The van der Waals surface area contributed by atoms with Crippen molar-refractivity contribution in [2.45, 2.75) is 20.8 Å². The zero-order valence-corrected chi connectivity index (χ0v) is 12.0. The van der Waals surface area contributed by atoms with E-state index in [1.807, 2.05) is 30.3 Å². The van der Waals surface area contributed by atoms with Gasteiger partial charge in [-0.2, -0.15) is 0 Å². The Balaban J connectivity index is 2.66. The van der Waals surface area contributed by atoms with Gasteiger partial charge in [-0.25, -0.2) is 9.58 Å². The van der Waals surface area contributed by atoms with Gasteiger partial charge in [0.1, 0.15) is 0 Å². The smallest absolute Gasteiger partial charge is 0.243 e. The van der Waals surface area contributed by atoms with Crippen LogP contribution in [0, 0.1) is 0 Å². The van der Waals surface area contributed by atoms with E-state index in [4.69, 9.17) is 0 Å². The van der Waals surface area contributed by atoms with Crippen molar-refractivity contribution in [3.8, 4) is 11.1 Å². The van der Waals surface area contributed by atoms with E-state index in [0.717, 1.165) is 15.1 Å². The molecule has 0 fully saturated rings. The number of hydrogen-bond acceptors (Lipinski definition) is 4. The van der Waals surface area contributed by atoms with Crippen molar-refractivity contribution in [3.05, 3.63) is 36.5 Å². The summed E-state index contributed by atoms with van der Waals surface area (Å²) in [6, 6.07) is 9.16. The van der Waals surface area contributed by atoms with E-state index in [2.05, 4.69) is 5.10 Å². The van der Waals surface area contributed by atoms with Crippen molar-refractivity contribution in [2.24, 2.45) is 0 Å². The van der Waals surface area contributed by atoms with Gasteiger partial charge in [0.25, 0.3) is 0 Å². The molecule has 0 bridgehead atoms. The van der Waals surface area contributed by atoms with Gasteiger partial charge >= 0.3 is 0 Å². The summed E-state index contributed by atoms with van der Waals surface area (Å²) in [5.74, 6) is -1.04. The van der Waals surface area contributed by atoms with E-state index < -0.39 is 11.8 Å². The van der Waals surface area contributed by atoms with Crippen LogP contribution in [0.4, 0.5) is 5.82 Å². The zero-order valence-electron chi connectivity index (χ0n) is 12.0. The summed E-state index contributed by atoms with van der Waals surface area (Å²) < 4.78 is 1.12. The van der Waals surface area contributed by atoms with Crippen LogP contribution in [0.15, 0.2) is 36.5 Å². The normalized spacial score (nSPS) is 10.2. The molecule has 0 spiro atoms. The zero-order chi connectivity index (χ0) is 15.6. The summed E-state index contributed by atoms with van der Waals surface area (Å²) in [5, 5.41) is 4.08. The van der Waals surface area contributed by atoms with E-state index in [1.165, 1.54) is 27.0 Å². The Morgan fingerprint density at radius 1 is 1.00 bits per heavy atom. The van der Waals surface area contributed by atoms with E-state index in [0.29, 0.717) is 5.56 Å². The van der Waals surface area contributed by atoms with Crippen LogP contribution >= 0.6 is 0 Å². The summed E-state index contributed by atoms with van der Waals surface area (Å²) >= 11 is 0. The molecule has 0 aliphatic heterocycles. The summed E-state index contributed by atoms with van der Waals surface area (Å²) in [6.45, 7) is 3.92. The number of amides is 2. The third-order valence-electron chi connectivity index (χ3n) is 2.94. The molecule has 0 unspecified atom stereocenters. The number of rotatable bonds is 2. The average Bonchev–Trinajstić information content (AvgIpc) is 2.84. The highest BCUT2D eigenvalue weighted by atomic mass is 16.2. The molecule has 21 heavy (non-hydrogen) atoms. The number of anilines is 1. The first-order chi connectivity index (χ1) is 9.91. The van der Waals surface area contributed by atoms with Crippen molar-refractivity contribution >= 4 is 23.5 Å². The Labute approximate surface area is 122 Å². The highest BCUT2D eigenvalue weighted by Crippen LogP contribution is 2.29. The van der Waals surface area contributed by atoms with Crippen LogP contribution in [0.25, 0.3) is 11.1 Å². The van der Waals surface area contributed by atoms with Gasteiger partial charge in [-0.3, -0.25) is 14.4 Å². The molecular weight excluding hydrogens is 270 g/mol. The fourth-order valence-corrected chi connectivity index (χ4v) is 2.03. The van der Waals surface area contributed by atoms with Crippen molar-refractivity contribution in [3.63, 3.8) is 0 Å². The Bertz CT molecular complexity index is 690. The summed E-state index contributed by atoms with van der Waals surface area (Å²) in [5.41, 5.74) is 1.32. The molecule has 2 amide bonds. The minimum absolute atomic E-state index is 0.163. The molecule has 0 N–H and O–H groups in total. The SMILES string of the molecule is CC(=O)N(C(C)=O)c1nn(C(C)=O)cc1-c1ccccc1. The Kier molecular flexibility index (Phi) is 3.98. The fourth-order valence-electron chi connectivity index (χ4n) is 2.03. The van der Waals surface area contributed by atoms with Crippen molar-refractivity contribution < 1.29 is 14.4 Å². The fraction of sp³-hybridized carbons (Fsp3) is 0.200. The second-order valence-corrected chi connectivity index (χ2v) is 4.57. The number of benzene rings is 1. The maximum absolute atomic E-state index is 11.7. The van der Waals surface area contributed by atoms with Gasteiger partial charge in [0, 0.05) is 32.5 Å². The lowest BCUT2D eigenvalue weighted by molar-refractivity contribution is -0.124. The number of nitrogens with zero attached hydrogens (tertiary/aromatic N) is 3. The highest BCUT2D eigenvalue weighted by molar-refractivity contribution is 6.14. The molecule has 1 heterocycles. The lowest BCUT2D eigenvalue weighted by Gasteiger charge is -2.15. The quantitative estimate of drug-likeness (QED) is 0.847. The van der Waals surface area contributed by atoms with Crippen molar-refractivity contribution in [1.82, 2.24) is 9.78 Å². The van der Waals surface area contributed by atoms with Gasteiger partial charge in [-0.15, -0.1) is 5.10 Å².